The molecule has 6 aliphatic rings. The van der Waals surface area contributed by atoms with Crippen molar-refractivity contribution < 1.29 is 67.8 Å². The van der Waals surface area contributed by atoms with Gasteiger partial charge in [0.2, 0.25) is 5.79 Å². The zero-order chi connectivity index (χ0) is 53.3. The summed E-state index contributed by atoms with van der Waals surface area (Å²) in [6.45, 7) is 12.9. The number of hydrogen-bond acceptors (Lipinski definition) is 15. The molecule has 0 aromatic heterocycles. The van der Waals surface area contributed by atoms with Crippen LogP contribution in [0.5, 0.6) is 0 Å². The molecule has 1 aromatic rings. The van der Waals surface area contributed by atoms with Crippen LogP contribution in [0.1, 0.15) is 138 Å². The van der Waals surface area contributed by atoms with E-state index in [2.05, 4.69) is 6.92 Å². The highest BCUT2D eigenvalue weighted by atomic mass is 16.7. The van der Waals surface area contributed by atoms with Gasteiger partial charge in [0.05, 0.1) is 36.1 Å². The predicted octanol–water partition coefficient (Wildman–Crippen LogP) is 7.04. The number of carbonyl (C=O) groups is 5. The van der Waals surface area contributed by atoms with Gasteiger partial charge in [0, 0.05) is 58.5 Å². The lowest BCUT2D eigenvalue weighted by Crippen LogP contribution is -2.61. The SMILES string of the molecule is CO[C@H]1C[C@@H]2CC[C@@H](C)[C@@](O)(O2)C(=O)C(=O)N2CCCC[C@H]2C(=O)O[C@H]([C@H](C)C[C@@H]2CC[C@@H](O)[C@H](OC)C2)CC(=O)[C@H](C)/C=C(\C)[C@@H](O)[C@@H](OC)C(=O)[C@H](C)C[C@H](C)C2CC[C@H](/C=C/1C)ON2c1ccccc1. The van der Waals surface area contributed by atoms with E-state index in [0.29, 0.717) is 69.8 Å². The zero-order valence-corrected chi connectivity index (χ0v) is 45.1. The molecule has 73 heavy (non-hydrogen) atoms. The Labute approximate surface area is 433 Å². The van der Waals surface area contributed by atoms with Crippen molar-refractivity contribution in [2.75, 3.05) is 32.9 Å². The molecule has 17 atom stereocenters. The Hall–Kier alpha value is -3.87. The first-order valence-electron chi connectivity index (χ1n) is 27.1. The fraction of sp³-hybridized carbons (Fsp3) is 0.737. The van der Waals surface area contributed by atoms with E-state index >= 15 is 0 Å². The standard InChI is InChI=1S/C57H86N2O14/c1-33-26-37(5)51(62)53(70-10)52(63)38(6)27-34(2)47(61)32-49(35(3)28-40-20-24-46(60)50(30-40)69-9)71-56(66)45-18-14-15-25-58(45)55(65)54(64)57(67)39(7)19-21-42(72-57)31-48(68-8)36(4)29-43-22-23-44(33)59(73-43)41-16-12-11-13-17-41/h11-13,16-17,27,29,33-35,37,39-40,42-46,48-50,52-53,60,63,67H,14-15,18-26,28,30-32H2,1-10H3/b36-29+,38-27+/t33-,34+,35+,37+,39+,40-,42-,43+,44?,45-,46+,48-,49-,50+,52+,53-,57+/m0/s1. The summed E-state index contributed by atoms with van der Waals surface area (Å²) in [6.07, 6.45) is 4.36. The minimum Gasteiger partial charge on any atom is -0.460 e. The number of aliphatic hydroxyl groups is 3. The number of rotatable bonds is 7. The minimum absolute atomic E-state index is 0.0349. The Morgan fingerprint density at radius 2 is 1.53 bits per heavy atom. The van der Waals surface area contributed by atoms with Gasteiger partial charge in [0.1, 0.15) is 36.2 Å². The van der Waals surface area contributed by atoms with Crippen molar-refractivity contribution in [3.8, 4) is 0 Å². The summed E-state index contributed by atoms with van der Waals surface area (Å²) in [4.78, 5) is 79.9. The van der Waals surface area contributed by atoms with Crippen LogP contribution in [0.3, 0.4) is 0 Å². The number of esters is 1. The number of benzene rings is 1. The number of ether oxygens (including phenoxy) is 5. The quantitative estimate of drug-likeness (QED) is 0.142. The summed E-state index contributed by atoms with van der Waals surface area (Å²) < 4.78 is 29.9. The van der Waals surface area contributed by atoms with Crippen molar-refractivity contribution in [2.24, 2.45) is 35.5 Å². The summed E-state index contributed by atoms with van der Waals surface area (Å²) >= 11 is 0. The first-order valence-corrected chi connectivity index (χ1v) is 27.1. The van der Waals surface area contributed by atoms with Crippen molar-refractivity contribution in [2.45, 2.75) is 205 Å². The van der Waals surface area contributed by atoms with Crippen LogP contribution in [0.2, 0.25) is 0 Å². The number of ketones is 3. The highest BCUT2D eigenvalue weighted by Crippen LogP contribution is 2.39. The number of Topliss-reactive ketones (excluding diaryl/α,β-unsaturated/α-hetero) is 3. The number of fused-ring (bicyclic) bond motifs is 17. The molecular weight excluding hydrogens is 937 g/mol. The molecule has 0 spiro atoms. The number of hydrogen-bond donors (Lipinski definition) is 3. The van der Waals surface area contributed by atoms with Crippen LogP contribution in [-0.2, 0) is 52.5 Å². The van der Waals surface area contributed by atoms with Crippen molar-refractivity contribution in [1.82, 2.24) is 4.90 Å². The van der Waals surface area contributed by atoms with Gasteiger partial charge >= 0.3 is 5.97 Å². The third kappa shape index (κ3) is 14.1. The number of allylic oxidation sites excluding steroid dienone is 1. The average Bonchev–Trinajstić information content (AvgIpc) is 3.38. The molecule has 4 bridgehead atoms. The molecule has 16 heteroatoms. The molecular formula is C57H86N2O14. The molecule has 7 rings (SSSR count). The number of amides is 1. The first-order chi connectivity index (χ1) is 34.7. The van der Waals surface area contributed by atoms with Crippen LogP contribution in [0.25, 0.3) is 0 Å². The highest BCUT2D eigenvalue weighted by Gasteiger charge is 2.53. The van der Waals surface area contributed by atoms with Crippen LogP contribution >= 0.6 is 0 Å². The van der Waals surface area contributed by atoms with Gasteiger partial charge in [-0.1, -0.05) is 65.0 Å². The Morgan fingerprint density at radius 3 is 2.22 bits per heavy atom. The van der Waals surface area contributed by atoms with Crippen LogP contribution in [0.4, 0.5) is 5.69 Å². The zero-order valence-electron chi connectivity index (χ0n) is 45.1. The molecule has 1 saturated carbocycles. The second-order valence-electron chi connectivity index (χ2n) is 22.3. The fourth-order valence-corrected chi connectivity index (χ4v) is 12.1. The molecule has 1 amide bonds. The lowest BCUT2D eigenvalue weighted by atomic mass is 9.78. The van der Waals surface area contributed by atoms with Gasteiger partial charge < -0.3 is 43.9 Å². The Kier molecular flexibility index (Phi) is 21.0. The lowest BCUT2D eigenvalue weighted by molar-refractivity contribution is -0.265. The van der Waals surface area contributed by atoms with E-state index in [9.17, 15) is 39.3 Å². The van der Waals surface area contributed by atoms with E-state index in [0.717, 1.165) is 17.7 Å². The molecule has 4 fully saturated rings. The maximum Gasteiger partial charge on any atom is 0.329 e. The molecule has 5 aliphatic heterocycles. The van der Waals surface area contributed by atoms with Gasteiger partial charge in [-0.25, -0.2) is 4.79 Å². The molecule has 0 radical (unpaired) electrons. The Morgan fingerprint density at radius 1 is 0.808 bits per heavy atom. The normalized spacial score (nSPS) is 39.5. The monoisotopic (exact) mass is 1020 g/mol. The van der Waals surface area contributed by atoms with Gasteiger partial charge in [-0.15, -0.1) is 0 Å². The molecule has 408 valence electrons. The van der Waals surface area contributed by atoms with E-state index in [1.807, 2.05) is 62.2 Å². The maximum absolute atomic E-state index is 14.5. The number of nitrogens with zero attached hydrogens (tertiary/aromatic N) is 2. The third-order valence-electron chi connectivity index (χ3n) is 16.9. The third-order valence-corrected chi connectivity index (χ3v) is 16.9. The van der Waals surface area contributed by atoms with Gasteiger partial charge in [0.25, 0.3) is 11.7 Å². The van der Waals surface area contributed by atoms with Crippen molar-refractivity contribution in [3.05, 3.63) is 53.6 Å². The van der Waals surface area contributed by atoms with Crippen molar-refractivity contribution >= 4 is 34.9 Å². The first kappa shape index (κ1) is 58.4. The molecule has 1 aliphatic carbocycles. The smallest absolute Gasteiger partial charge is 0.329 e. The van der Waals surface area contributed by atoms with Gasteiger partial charge in [-0.2, -0.15) is 0 Å². The molecule has 3 N–H and O–H groups in total. The van der Waals surface area contributed by atoms with E-state index in [1.54, 1.807) is 41.1 Å². The number of aliphatic hydroxyl groups excluding tert-OH is 2. The minimum atomic E-state index is -2.46. The number of piperidine rings is 1. The van der Waals surface area contributed by atoms with Gasteiger partial charge in [-0.05, 0) is 132 Å². The lowest BCUT2D eigenvalue weighted by Gasteiger charge is -2.43. The van der Waals surface area contributed by atoms with Gasteiger partial charge in [0.15, 0.2) is 5.78 Å². The number of methoxy groups -OCH3 is 3. The van der Waals surface area contributed by atoms with E-state index in [4.69, 9.17) is 28.5 Å². The van der Waals surface area contributed by atoms with Crippen LogP contribution in [0.15, 0.2) is 53.6 Å². The number of anilines is 1. The molecule has 5 heterocycles. The summed E-state index contributed by atoms with van der Waals surface area (Å²) in [5.74, 6) is -8.21. The topological polar surface area (TPSA) is 208 Å². The largest absolute Gasteiger partial charge is 0.460 e. The average molecular weight is 1020 g/mol. The summed E-state index contributed by atoms with van der Waals surface area (Å²) in [5, 5.41) is 36.3. The molecule has 3 saturated heterocycles. The Balaban J connectivity index is 1.34. The number of hydroxylamine groups is 1. The maximum atomic E-state index is 14.5. The summed E-state index contributed by atoms with van der Waals surface area (Å²) in [5.41, 5.74) is 2.11. The molecule has 16 nitrogen and oxygen atoms in total. The molecule has 1 aromatic carbocycles. The Bertz CT molecular complexity index is 2100. The fourth-order valence-electron chi connectivity index (χ4n) is 12.1. The molecule has 1 unspecified atom stereocenters. The van der Waals surface area contributed by atoms with Crippen molar-refractivity contribution in [3.63, 3.8) is 0 Å². The summed E-state index contributed by atoms with van der Waals surface area (Å²) in [7, 11) is 4.56. The second-order valence-corrected chi connectivity index (χ2v) is 22.3. The second kappa shape index (κ2) is 26.3. The van der Waals surface area contributed by atoms with Crippen LogP contribution in [-0.4, -0.2) is 144 Å². The van der Waals surface area contributed by atoms with Crippen LogP contribution < -0.4 is 5.06 Å². The van der Waals surface area contributed by atoms with Crippen molar-refractivity contribution in [1.29, 1.82) is 0 Å². The van der Waals surface area contributed by atoms with E-state index < -0.39 is 83.9 Å². The van der Waals surface area contributed by atoms with Crippen LogP contribution in [0, 0.1) is 35.5 Å². The summed E-state index contributed by atoms with van der Waals surface area (Å²) in [6, 6.07) is 8.56. The van der Waals surface area contributed by atoms with Gasteiger partial charge in [-0.3, -0.25) is 29.1 Å². The highest BCUT2D eigenvalue weighted by molar-refractivity contribution is 6.39. The number of para-hydroxylation sites is 1. The predicted molar refractivity (Wildman–Crippen MR) is 274 cm³/mol. The van der Waals surface area contributed by atoms with E-state index in [-0.39, 0.29) is 73.4 Å². The van der Waals surface area contributed by atoms with E-state index in [1.165, 1.54) is 12.0 Å². The number of carbonyl (C=O) groups excluding carboxylic acids is 5.